The lowest BCUT2D eigenvalue weighted by atomic mass is 9.92. The minimum atomic E-state index is 0.694. The van der Waals surface area contributed by atoms with E-state index in [2.05, 4.69) is 30.3 Å². The van der Waals surface area contributed by atoms with Crippen LogP contribution in [-0.2, 0) is 13.5 Å². The number of hydrogen-bond acceptors (Lipinski definition) is 2. The molecule has 3 nitrogen and oxygen atoms in total. The van der Waals surface area contributed by atoms with Crippen molar-refractivity contribution in [2.75, 3.05) is 6.54 Å². The fourth-order valence-electron chi connectivity index (χ4n) is 3.40. The molecule has 0 bridgehead atoms. The highest BCUT2D eigenvalue weighted by Gasteiger charge is 2.28. The predicted molar refractivity (Wildman–Crippen MR) is 80.1 cm³/mol. The highest BCUT2D eigenvalue weighted by molar-refractivity contribution is 5.01. The molecule has 0 spiro atoms. The van der Waals surface area contributed by atoms with Gasteiger partial charge in [-0.1, -0.05) is 20.3 Å². The van der Waals surface area contributed by atoms with Gasteiger partial charge in [0, 0.05) is 25.0 Å². The normalized spacial score (nSPS) is 24.8. The van der Waals surface area contributed by atoms with Crippen LogP contribution in [0.15, 0.2) is 12.3 Å². The fraction of sp³-hybridized carbons (Fsp3) is 0.812. The number of nitrogens with one attached hydrogen (secondary N) is 1. The molecule has 1 aliphatic carbocycles. The average molecular weight is 263 g/mol. The second-order valence-corrected chi connectivity index (χ2v) is 6.22. The topological polar surface area (TPSA) is 29.9 Å². The van der Waals surface area contributed by atoms with E-state index >= 15 is 0 Å². The molecule has 1 heterocycles. The number of hydrogen-bond donors (Lipinski definition) is 1. The first-order valence-electron chi connectivity index (χ1n) is 7.91. The van der Waals surface area contributed by atoms with Gasteiger partial charge in [-0.2, -0.15) is 5.10 Å². The molecule has 0 radical (unpaired) electrons. The smallest absolute Gasteiger partial charge is 0.0492 e. The first kappa shape index (κ1) is 14.6. The van der Waals surface area contributed by atoms with Crippen molar-refractivity contribution in [2.45, 2.75) is 58.4 Å². The summed E-state index contributed by atoms with van der Waals surface area (Å²) in [7, 11) is 2.04. The standard InChI is InChI=1S/C16H29N3/c1-4-10-17-16(14-6-5-13(2)12-14)8-7-15-9-11-18-19(15)3/h9,11,13-14,16-17H,4-8,10,12H2,1-3H3. The van der Waals surface area contributed by atoms with Gasteiger partial charge in [0.15, 0.2) is 0 Å². The Hall–Kier alpha value is -0.830. The number of nitrogens with zero attached hydrogens (tertiary/aromatic N) is 2. The van der Waals surface area contributed by atoms with Gasteiger partial charge in [-0.15, -0.1) is 0 Å². The van der Waals surface area contributed by atoms with E-state index in [1.54, 1.807) is 0 Å². The number of aryl methyl sites for hydroxylation is 2. The minimum absolute atomic E-state index is 0.694. The molecule has 19 heavy (non-hydrogen) atoms. The third kappa shape index (κ3) is 4.07. The number of rotatable bonds is 7. The summed E-state index contributed by atoms with van der Waals surface area (Å²) in [6.45, 7) is 5.81. The first-order valence-corrected chi connectivity index (χ1v) is 7.91. The zero-order chi connectivity index (χ0) is 13.7. The molecule has 108 valence electrons. The van der Waals surface area contributed by atoms with Crippen LogP contribution in [0.5, 0.6) is 0 Å². The van der Waals surface area contributed by atoms with Crippen molar-refractivity contribution in [3.63, 3.8) is 0 Å². The molecule has 0 saturated heterocycles. The Labute approximate surface area is 117 Å². The summed E-state index contributed by atoms with van der Waals surface area (Å²) in [6.07, 6.45) is 9.76. The zero-order valence-corrected chi connectivity index (χ0v) is 12.7. The molecule has 1 N–H and O–H groups in total. The molecule has 2 rings (SSSR count). The SMILES string of the molecule is CCCNC(CCc1ccnn1C)C1CCC(C)C1. The predicted octanol–water partition coefficient (Wildman–Crippen LogP) is 3.16. The van der Waals surface area contributed by atoms with Crippen molar-refractivity contribution in [1.29, 1.82) is 0 Å². The van der Waals surface area contributed by atoms with Crippen molar-refractivity contribution in [3.05, 3.63) is 18.0 Å². The van der Waals surface area contributed by atoms with Crippen LogP contribution >= 0.6 is 0 Å². The van der Waals surface area contributed by atoms with E-state index in [0.717, 1.165) is 24.8 Å². The van der Waals surface area contributed by atoms with Crippen LogP contribution in [-0.4, -0.2) is 22.4 Å². The maximum absolute atomic E-state index is 4.26. The van der Waals surface area contributed by atoms with Gasteiger partial charge >= 0.3 is 0 Å². The van der Waals surface area contributed by atoms with Gasteiger partial charge in [0.25, 0.3) is 0 Å². The lowest BCUT2D eigenvalue weighted by Gasteiger charge is -2.25. The highest BCUT2D eigenvalue weighted by Crippen LogP contribution is 2.34. The summed E-state index contributed by atoms with van der Waals surface area (Å²) in [5.74, 6) is 1.81. The third-order valence-electron chi connectivity index (χ3n) is 4.59. The molecule has 0 amide bonds. The lowest BCUT2D eigenvalue weighted by Crippen LogP contribution is -2.36. The number of aromatic nitrogens is 2. The van der Waals surface area contributed by atoms with E-state index in [1.165, 1.54) is 37.8 Å². The van der Waals surface area contributed by atoms with Crippen molar-refractivity contribution in [1.82, 2.24) is 15.1 Å². The molecule has 3 unspecified atom stereocenters. The van der Waals surface area contributed by atoms with Crippen LogP contribution in [0.2, 0.25) is 0 Å². The average Bonchev–Trinajstić information content (AvgIpc) is 2.99. The third-order valence-corrected chi connectivity index (χ3v) is 4.59. The second-order valence-electron chi connectivity index (χ2n) is 6.22. The summed E-state index contributed by atoms with van der Waals surface area (Å²) in [5.41, 5.74) is 1.36. The quantitative estimate of drug-likeness (QED) is 0.819. The van der Waals surface area contributed by atoms with Crippen LogP contribution in [0.1, 0.15) is 51.6 Å². The maximum Gasteiger partial charge on any atom is 0.0492 e. The van der Waals surface area contributed by atoms with E-state index < -0.39 is 0 Å². The van der Waals surface area contributed by atoms with Crippen LogP contribution in [0, 0.1) is 11.8 Å². The van der Waals surface area contributed by atoms with E-state index in [4.69, 9.17) is 0 Å². The van der Waals surface area contributed by atoms with Crippen molar-refractivity contribution >= 4 is 0 Å². The minimum Gasteiger partial charge on any atom is -0.314 e. The van der Waals surface area contributed by atoms with Crippen LogP contribution in [0.4, 0.5) is 0 Å². The molecule has 1 aliphatic rings. The van der Waals surface area contributed by atoms with E-state index in [9.17, 15) is 0 Å². The van der Waals surface area contributed by atoms with E-state index in [-0.39, 0.29) is 0 Å². The summed E-state index contributed by atoms with van der Waals surface area (Å²) in [4.78, 5) is 0. The highest BCUT2D eigenvalue weighted by atomic mass is 15.2. The Balaban J connectivity index is 1.88. The van der Waals surface area contributed by atoms with Crippen LogP contribution < -0.4 is 5.32 Å². The fourth-order valence-corrected chi connectivity index (χ4v) is 3.40. The molecule has 0 aliphatic heterocycles. The molecule has 0 aromatic carbocycles. The Morgan fingerprint density at radius 1 is 1.47 bits per heavy atom. The largest absolute Gasteiger partial charge is 0.314 e. The molecule has 1 fully saturated rings. The molecule has 3 atom stereocenters. The molecular formula is C16H29N3. The Morgan fingerprint density at radius 2 is 2.32 bits per heavy atom. The van der Waals surface area contributed by atoms with Gasteiger partial charge in [0.1, 0.15) is 0 Å². The van der Waals surface area contributed by atoms with Crippen LogP contribution in [0.3, 0.4) is 0 Å². The summed E-state index contributed by atoms with van der Waals surface area (Å²) in [6, 6.07) is 2.84. The molecule has 1 saturated carbocycles. The van der Waals surface area contributed by atoms with E-state index in [0.29, 0.717) is 6.04 Å². The van der Waals surface area contributed by atoms with Crippen LogP contribution in [0.25, 0.3) is 0 Å². The van der Waals surface area contributed by atoms with Crippen molar-refractivity contribution < 1.29 is 0 Å². The van der Waals surface area contributed by atoms with Gasteiger partial charge in [0.05, 0.1) is 0 Å². The summed E-state index contributed by atoms with van der Waals surface area (Å²) < 4.78 is 2.01. The first-order chi connectivity index (χ1) is 9.20. The Kier molecular flexibility index (Phi) is 5.44. The Morgan fingerprint density at radius 3 is 2.89 bits per heavy atom. The second kappa shape index (κ2) is 7.09. The lowest BCUT2D eigenvalue weighted by molar-refractivity contribution is 0.332. The van der Waals surface area contributed by atoms with Gasteiger partial charge in [-0.25, -0.2) is 0 Å². The molecule has 3 heteroatoms. The van der Waals surface area contributed by atoms with Gasteiger partial charge < -0.3 is 5.32 Å². The van der Waals surface area contributed by atoms with Crippen molar-refractivity contribution in [2.24, 2.45) is 18.9 Å². The summed E-state index contributed by atoms with van der Waals surface area (Å²) >= 11 is 0. The van der Waals surface area contributed by atoms with Gasteiger partial charge in [-0.3, -0.25) is 4.68 Å². The van der Waals surface area contributed by atoms with Gasteiger partial charge in [0.2, 0.25) is 0 Å². The summed E-state index contributed by atoms with van der Waals surface area (Å²) in [5, 5.41) is 8.05. The Bertz CT molecular complexity index is 372. The molecular weight excluding hydrogens is 234 g/mol. The monoisotopic (exact) mass is 263 g/mol. The molecule has 1 aromatic rings. The van der Waals surface area contributed by atoms with Crippen molar-refractivity contribution in [3.8, 4) is 0 Å². The zero-order valence-electron chi connectivity index (χ0n) is 12.7. The van der Waals surface area contributed by atoms with E-state index in [1.807, 2.05) is 17.9 Å². The van der Waals surface area contributed by atoms with Gasteiger partial charge in [-0.05, 0) is 56.6 Å². The molecule has 1 aromatic heterocycles. The maximum atomic E-state index is 4.26.